The first-order valence-electron chi connectivity index (χ1n) is 6.53. The molecule has 5 nitrogen and oxygen atoms in total. The van der Waals surface area contributed by atoms with Gasteiger partial charge in [0.25, 0.3) is 0 Å². The fourth-order valence-corrected chi connectivity index (χ4v) is 3.17. The van der Waals surface area contributed by atoms with Crippen molar-refractivity contribution in [2.45, 2.75) is 30.4 Å². The summed E-state index contributed by atoms with van der Waals surface area (Å²) in [5.74, 6) is 0. The third-order valence-corrected chi connectivity index (χ3v) is 5.68. The molecule has 0 saturated carbocycles. The van der Waals surface area contributed by atoms with E-state index in [1.165, 1.54) is 0 Å². The van der Waals surface area contributed by atoms with Crippen LogP contribution < -0.4 is 10.0 Å². The van der Waals surface area contributed by atoms with Crippen LogP contribution in [0.5, 0.6) is 0 Å². The molecule has 2 N–H and O–H groups in total. The molecule has 0 saturated heterocycles. The SMILES string of the molecule is CCCNS(=O)(=O)c1ccccc1NCC(C)S(C)=O. The van der Waals surface area contributed by atoms with E-state index in [0.29, 0.717) is 18.8 Å². The third kappa shape index (κ3) is 4.88. The lowest BCUT2D eigenvalue weighted by molar-refractivity contribution is 0.581. The minimum absolute atomic E-state index is 0.0469. The first-order chi connectivity index (χ1) is 9.38. The number of nitrogens with one attached hydrogen (secondary N) is 2. The quantitative estimate of drug-likeness (QED) is 0.762. The fourth-order valence-electron chi connectivity index (χ4n) is 1.53. The van der Waals surface area contributed by atoms with Crippen LogP contribution in [0.2, 0.25) is 0 Å². The van der Waals surface area contributed by atoms with Gasteiger partial charge in [0, 0.05) is 35.4 Å². The van der Waals surface area contributed by atoms with Gasteiger partial charge in [-0.2, -0.15) is 0 Å². The maximum atomic E-state index is 12.2. The van der Waals surface area contributed by atoms with Gasteiger partial charge in [0.2, 0.25) is 10.0 Å². The Morgan fingerprint density at radius 1 is 1.30 bits per heavy atom. The Morgan fingerprint density at radius 2 is 1.95 bits per heavy atom. The molecule has 1 aromatic rings. The maximum Gasteiger partial charge on any atom is 0.242 e. The van der Waals surface area contributed by atoms with E-state index in [0.717, 1.165) is 6.42 Å². The molecular formula is C13H22N2O3S2. The molecule has 0 fully saturated rings. The van der Waals surface area contributed by atoms with E-state index in [1.807, 2.05) is 13.8 Å². The molecule has 114 valence electrons. The highest BCUT2D eigenvalue weighted by atomic mass is 32.2. The van der Waals surface area contributed by atoms with E-state index < -0.39 is 20.8 Å². The standard InChI is InChI=1S/C13H22N2O3S2/c1-4-9-15-20(17,18)13-8-6-5-7-12(13)14-10-11(2)19(3)16/h5-8,11,14-15H,4,9-10H2,1-3H3. The largest absolute Gasteiger partial charge is 0.383 e. The summed E-state index contributed by atoms with van der Waals surface area (Å²) in [4.78, 5) is 0.225. The highest BCUT2D eigenvalue weighted by molar-refractivity contribution is 7.89. The van der Waals surface area contributed by atoms with Crippen molar-refractivity contribution in [2.24, 2.45) is 0 Å². The molecule has 0 heterocycles. The average molecular weight is 318 g/mol. The van der Waals surface area contributed by atoms with Crippen LogP contribution in [-0.4, -0.2) is 37.2 Å². The van der Waals surface area contributed by atoms with Gasteiger partial charge < -0.3 is 5.32 Å². The number of hydrogen-bond acceptors (Lipinski definition) is 4. The number of benzene rings is 1. The number of rotatable bonds is 8. The molecule has 0 aliphatic heterocycles. The van der Waals surface area contributed by atoms with Crippen molar-refractivity contribution in [3.63, 3.8) is 0 Å². The van der Waals surface area contributed by atoms with Gasteiger partial charge in [-0.3, -0.25) is 4.21 Å². The second-order valence-corrected chi connectivity index (χ2v) is 8.12. The lowest BCUT2D eigenvalue weighted by Gasteiger charge is -2.15. The summed E-state index contributed by atoms with van der Waals surface area (Å²) in [6.45, 7) is 4.63. The Morgan fingerprint density at radius 3 is 2.55 bits per heavy atom. The van der Waals surface area contributed by atoms with Crippen LogP contribution in [0.3, 0.4) is 0 Å². The van der Waals surface area contributed by atoms with Crippen molar-refractivity contribution in [1.29, 1.82) is 0 Å². The molecule has 1 rings (SSSR count). The Hall–Kier alpha value is -0.920. The molecule has 0 amide bonds. The highest BCUT2D eigenvalue weighted by Gasteiger charge is 2.17. The number of sulfonamides is 1. The molecule has 0 aliphatic carbocycles. The van der Waals surface area contributed by atoms with Gasteiger partial charge in [-0.05, 0) is 25.5 Å². The summed E-state index contributed by atoms with van der Waals surface area (Å²) in [6, 6.07) is 6.74. The van der Waals surface area contributed by atoms with E-state index >= 15 is 0 Å². The lowest BCUT2D eigenvalue weighted by Crippen LogP contribution is -2.26. The minimum Gasteiger partial charge on any atom is -0.383 e. The zero-order valence-electron chi connectivity index (χ0n) is 12.0. The zero-order chi connectivity index (χ0) is 15.2. The first-order valence-corrected chi connectivity index (χ1v) is 9.63. The van der Waals surface area contributed by atoms with Crippen LogP contribution >= 0.6 is 0 Å². The second kappa shape index (κ2) is 7.75. The maximum absolute atomic E-state index is 12.2. The summed E-state index contributed by atoms with van der Waals surface area (Å²) in [5.41, 5.74) is 0.536. The second-order valence-electron chi connectivity index (χ2n) is 4.58. The predicted molar refractivity (Wildman–Crippen MR) is 83.9 cm³/mol. The Kier molecular flexibility index (Phi) is 6.64. The molecule has 0 bridgehead atoms. The smallest absolute Gasteiger partial charge is 0.242 e. The minimum atomic E-state index is -3.51. The lowest BCUT2D eigenvalue weighted by atomic mass is 10.3. The molecule has 2 atom stereocenters. The van der Waals surface area contributed by atoms with Crippen LogP contribution in [-0.2, 0) is 20.8 Å². The van der Waals surface area contributed by atoms with Crippen LogP contribution in [0, 0.1) is 0 Å². The number of para-hydroxylation sites is 1. The van der Waals surface area contributed by atoms with E-state index in [1.54, 1.807) is 30.5 Å². The van der Waals surface area contributed by atoms with E-state index in [9.17, 15) is 12.6 Å². The van der Waals surface area contributed by atoms with Crippen molar-refractivity contribution < 1.29 is 12.6 Å². The van der Waals surface area contributed by atoms with Crippen LogP contribution in [0.15, 0.2) is 29.2 Å². The summed E-state index contributed by atoms with van der Waals surface area (Å²) < 4.78 is 38.2. The molecular weight excluding hydrogens is 296 g/mol. The topological polar surface area (TPSA) is 75.3 Å². The van der Waals surface area contributed by atoms with Crippen molar-refractivity contribution >= 4 is 26.5 Å². The Balaban J connectivity index is 2.91. The molecule has 1 aromatic carbocycles. The van der Waals surface area contributed by atoms with Crippen LogP contribution in [0.1, 0.15) is 20.3 Å². The van der Waals surface area contributed by atoms with Gasteiger partial charge in [-0.15, -0.1) is 0 Å². The summed E-state index contributed by atoms with van der Waals surface area (Å²) in [5, 5.41) is 3.02. The summed E-state index contributed by atoms with van der Waals surface area (Å²) >= 11 is 0. The van der Waals surface area contributed by atoms with Crippen molar-refractivity contribution in [1.82, 2.24) is 4.72 Å². The van der Waals surface area contributed by atoms with Crippen LogP contribution in [0.25, 0.3) is 0 Å². The van der Waals surface area contributed by atoms with Gasteiger partial charge in [0.15, 0.2) is 0 Å². The van der Waals surface area contributed by atoms with Crippen LogP contribution in [0.4, 0.5) is 5.69 Å². The van der Waals surface area contributed by atoms with Crippen molar-refractivity contribution in [3.8, 4) is 0 Å². The number of hydrogen-bond donors (Lipinski definition) is 2. The Labute approximate surface area is 123 Å². The Bertz CT molecular complexity index is 558. The molecule has 0 spiro atoms. The average Bonchev–Trinajstić information content (AvgIpc) is 2.42. The molecule has 20 heavy (non-hydrogen) atoms. The van der Waals surface area contributed by atoms with E-state index in [2.05, 4.69) is 10.0 Å². The normalized spacial score (nSPS) is 14.8. The predicted octanol–water partition coefficient (Wildman–Crippen LogP) is 1.55. The molecule has 0 radical (unpaired) electrons. The van der Waals surface area contributed by atoms with Gasteiger partial charge >= 0.3 is 0 Å². The summed E-state index contributed by atoms with van der Waals surface area (Å²) in [7, 11) is -4.45. The molecule has 2 unspecified atom stereocenters. The molecule has 0 aliphatic rings. The zero-order valence-corrected chi connectivity index (χ0v) is 13.7. The first kappa shape index (κ1) is 17.1. The highest BCUT2D eigenvalue weighted by Crippen LogP contribution is 2.20. The third-order valence-electron chi connectivity index (χ3n) is 2.87. The molecule has 7 heteroatoms. The van der Waals surface area contributed by atoms with Crippen molar-refractivity contribution in [3.05, 3.63) is 24.3 Å². The number of anilines is 1. The van der Waals surface area contributed by atoms with Gasteiger partial charge in [-0.25, -0.2) is 13.1 Å². The monoisotopic (exact) mass is 318 g/mol. The fraction of sp³-hybridized carbons (Fsp3) is 0.538. The van der Waals surface area contributed by atoms with E-state index in [-0.39, 0.29) is 10.1 Å². The molecule has 0 aromatic heterocycles. The van der Waals surface area contributed by atoms with Gasteiger partial charge in [0.05, 0.1) is 5.69 Å². The van der Waals surface area contributed by atoms with Gasteiger partial charge in [0.1, 0.15) is 4.90 Å². The van der Waals surface area contributed by atoms with Gasteiger partial charge in [-0.1, -0.05) is 19.1 Å². The van der Waals surface area contributed by atoms with Crippen molar-refractivity contribution in [2.75, 3.05) is 24.7 Å². The van der Waals surface area contributed by atoms with E-state index in [4.69, 9.17) is 0 Å². The summed E-state index contributed by atoms with van der Waals surface area (Å²) in [6.07, 6.45) is 2.37.